The summed E-state index contributed by atoms with van der Waals surface area (Å²) in [5, 5.41) is 12.7. The lowest BCUT2D eigenvalue weighted by molar-refractivity contribution is -0.120. The second-order valence-corrected chi connectivity index (χ2v) is 4.44. The summed E-state index contributed by atoms with van der Waals surface area (Å²) < 4.78 is 0. The zero-order chi connectivity index (χ0) is 13.5. The number of aromatic amines is 1. The van der Waals surface area contributed by atoms with Crippen molar-refractivity contribution < 1.29 is 9.90 Å². The molecule has 2 aromatic rings. The van der Waals surface area contributed by atoms with Crippen LogP contribution in [0.4, 0.5) is 0 Å². The third kappa shape index (κ3) is 4.26. The van der Waals surface area contributed by atoms with E-state index in [1.54, 1.807) is 6.20 Å². The van der Waals surface area contributed by atoms with Crippen molar-refractivity contribution in [2.24, 2.45) is 0 Å². The van der Waals surface area contributed by atoms with Crippen LogP contribution in [-0.2, 0) is 11.2 Å². The Balaban J connectivity index is 1.70. The molecule has 1 amide bonds. The van der Waals surface area contributed by atoms with E-state index in [-0.39, 0.29) is 5.91 Å². The fourth-order valence-electron chi connectivity index (χ4n) is 1.90. The number of hydrogen-bond acceptors (Lipinski definition) is 2. The Kier molecular flexibility index (Phi) is 4.75. The topological polar surface area (TPSA) is 65.1 Å². The lowest BCUT2D eigenvalue weighted by Crippen LogP contribution is -2.27. The van der Waals surface area contributed by atoms with Crippen molar-refractivity contribution in [3.05, 3.63) is 59.9 Å². The normalized spacial score (nSPS) is 12.1. The van der Waals surface area contributed by atoms with Gasteiger partial charge in [0.15, 0.2) is 0 Å². The Bertz CT molecular complexity index is 494. The Labute approximate surface area is 112 Å². The van der Waals surface area contributed by atoms with Gasteiger partial charge in [0.2, 0.25) is 5.91 Å². The van der Waals surface area contributed by atoms with Crippen molar-refractivity contribution in [3.63, 3.8) is 0 Å². The number of carbonyl (C=O) groups excluding carboxylic acids is 1. The number of benzene rings is 1. The third-order valence-electron chi connectivity index (χ3n) is 2.94. The van der Waals surface area contributed by atoms with Crippen LogP contribution >= 0.6 is 0 Å². The van der Waals surface area contributed by atoms with Gasteiger partial charge in [-0.05, 0) is 24.1 Å². The highest BCUT2D eigenvalue weighted by molar-refractivity contribution is 5.78. The number of aromatic nitrogens is 1. The molecule has 0 aliphatic carbocycles. The molecule has 1 atom stereocenters. The maximum atomic E-state index is 11.6. The molecule has 0 fully saturated rings. The molecule has 0 saturated heterocycles. The summed E-state index contributed by atoms with van der Waals surface area (Å²) in [6.07, 6.45) is 2.11. The highest BCUT2D eigenvalue weighted by Crippen LogP contribution is 2.14. The van der Waals surface area contributed by atoms with E-state index < -0.39 is 6.10 Å². The number of aliphatic hydroxyl groups excluding tert-OH is 1. The monoisotopic (exact) mass is 258 g/mol. The summed E-state index contributed by atoms with van der Waals surface area (Å²) in [4.78, 5) is 14.6. The second kappa shape index (κ2) is 6.75. The predicted molar refractivity (Wildman–Crippen MR) is 73.5 cm³/mol. The van der Waals surface area contributed by atoms with Crippen LogP contribution < -0.4 is 5.32 Å². The Hall–Kier alpha value is -2.07. The summed E-state index contributed by atoms with van der Waals surface area (Å²) in [7, 11) is 0. The van der Waals surface area contributed by atoms with Crippen LogP contribution in [0.1, 0.15) is 23.8 Å². The molecule has 4 heteroatoms. The number of amides is 1. The van der Waals surface area contributed by atoms with Crippen LogP contribution in [-0.4, -0.2) is 22.5 Å². The first-order valence-corrected chi connectivity index (χ1v) is 6.37. The van der Waals surface area contributed by atoms with Crippen LogP contribution in [0.15, 0.2) is 48.7 Å². The first-order chi connectivity index (χ1) is 9.25. The minimum absolute atomic E-state index is 0.0392. The molecule has 0 spiro atoms. The van der Waals surface area contributed by atoms with Gasteiger partial charge in [-0.3, -0.25) is 4.79 Å². The maximum absolute atomic E-state index is 11.6. The number of nitrogens with one attached hydrogen (secondary N) is 2. The van der Waals surface area contributed by atoms with Crippen molar-refractivity contribution in [1.82, 2.24) is 10.3 Å². The van der Waals surface area contributed by atoms with Gasteiger partial charge in [0.1, 0.15) is 0 Å². The van der Waals surface area contributed by atoms with Crippen LogP contribution in [0.2, 0.25) is 0 Å². The SMILES string of the molecule is O=C(Cc1ccc[nH]1)NCCC(O)c1ccccc1. The molecule has 1 heterocycles. The van der Waals surface area contributed by atoms with E-state index in [1.807, 2.05) is 42.5 Å². The Morgan fingerprint density at radius 1 is 1.21 bits per heavy atom. The summed E-state index contributed by atoms with van der Waals surface area (Å²) in [6.45, 7) is 0.468. The number of aliphatic hydroxyl groups is 1. The van der Waals surface area contributed by atoms with Crippen molar-refractivity contribution in [3.8, 4) is 0 Å². The molecular weight excluding hydrogens is 240 g/mol. The lowest BCUT2D eigenvalue weighted by atomic mass is 10.1. The summed E-state index contributed by atoms with van der Waals surface area (Å²) in [5.41, 5.74) is 1.77. The quantitative estimate of drug-likeness (QED) is 0.739. The smallest absolute Gasteiger partial charge is 0.225 e. The van der Waals surface area contributed by atoms with Gasteiger partial charge in [0.25, 0.3) is 0 Å². The standard InChI is InChI=1S/C15H18N2O2/c18-14(12-5-2-1-3-6-12)8-10-17-15(19)11-13-7-4-9-16-13/h1-7,9,14,16,18H,8,10-11H2,(H,17,19). The molecule has 1 unspecified atom stereocenters. The van der Waals surface area contributed by atoms with Gasteiger partial charge >= 0.3 is 0 Å². The fraction of sp³-hybridized carbons (Fsp3) is 0.267. The van der Waals surface area contributed by atoms with E-state index in [4.69, 9.17) is 0 Å². The summed E-state index contributed by atoms with van der Waals surface area (Å²) in [5.74, 6) is -0.0392. The van der Waals surface area contributed by atoms with E-state index in [9.17, 15) is 9.90 Å². The highest BCUT2D eigenvalue weighted by Gasteiger charge is 2.08. The minimum atomic E-state index is -0.535. The number of H-pyrrole nitrogens is 1. The molecule has 0 saturated carbocycles. The average molecular weight is 258 g/mol. The molecule has 0 bridgehead atoms. The van der Waals surface area contributed by atoms with Gasteiger partial charge in [-0.2, -0.15) is 0 Å². The molecule has 1 aromatic heterocycles. The average Bonchev–Trinajstić information content (AvgIpc) is 2.92. The molecular formula is C15H18N2O2. The van der Waals surface area contributed by atoms with Crippen LogP contribution in [0, 0.1) is 0 Å². The predicted octanol–water partition coefficient (Wildman–Crippen LogP) is 1.80. The molecule has 0 radical (unpaired) electrons. The van der Waals surface area contributed by atoms with E-state index in [0.29, 0.717) is 19.4 Å². The first-order valence-electron chi connectivity index (χ1n) is 6.37. The van der Waals surface area contributed by atoms with Crippen molar-refractivity contribution in [1.29, 1.82) is 0 Å². The molecule has 19 heavy (non-hydrogen) atoms. The molecule has 4 nitrogen and oxygen atoms in total. The fourth-order valence-corrected chi connectivity index (χ4v) is 1.90. The zero-order valence-electron chi connectivity index (χ0n) is 10.7. The highest BCUT2D eigenvalue weighted by atomic mass is 16.3. The third-order valence-corrected chi connectivity index (χ3v) is 2.94. The van der Waals surface area contributed by atoms with Crippen LogP contribution in [0.5, 0.6) is 0 Å². The molecule has 0 aliphatic rings. The van der Waals surface area contributed by atoms with Crippen LogP contribution in [0.3, 0.4) is 0 Å². The summed E-state index contributed by atoms with van der Waals surface area (Å²) >= 11 is 0. The van der Waals surface area contributed by atoms with Gasteiger partial charge in [-0.1, -0.05) is 30.3 Å². The molecule has 3 N–H and O–H groups in total. The van der Waals surface area contributed by atoms with Crippen molar-refractivity contribution >= 4 is 5.91 Å². The molecule has 100 valence electrons. The van der Waals surface area contributed by atoms with Gasteiger partial charge in [0.05, 0.1) is 12.5 Å². The van der Waals surface area contributed by atoms with Gasteiger partial charge in [-0.25, -0.2) is 0 Å². The second-order valence-electron chi connectivity index (χ2n) is 4.44. The summed E-state index contributed by atoms with van der Waals surface area (Å²) in [6, 6.07) is 13.2. The van der Waals surface area contributed by atoms with Gasteiger partial charge in [-0.15, -0.1) is 0 Å². The largest absolute Gasteiger partial charge is 0.388 e. The maximum Gasteiger partial charge on any atom is 0.225 e. The van der Waals surface area contributed by atoms with E-state index in [2.05, 4.69) is 10.3 Å². The van der Waals surface area contributed by atoms with Crippen LogP contribution in [0.25, 0.3) is 0 Å². The lowest BCUT2D eigenvalue weighted by Gasteiger charge is -2.11. The Morgan fingerprint density at radius 3 is 2.68 bits per heavy atom. The van der Waals surface area contributed by atoms with E-state index in [1.165, 1.54) is 0 Å². The minimum Gasteiger partial charge on any atom is -0.388 e. The number of rotatable bonds is 6. The molecule has 0 aliphatic heterocycles. The number of hydrogen-bond donors (Lipinski definition) is 3. The zero-order valence-corrected chi connectivity index (χ0v) is 10.7. The van der Waals surface area contributed by atoms with E-state index >= 15 is 0 Å². The molecule has 2 rings (SSSR count). The number of carbonyl (C=O) groups is 1. The van der Waals surface area contributed by atoms with Gasteiger partial charge in [0, 0.05) is 18.4 Å². The first kappa shape index (κ1) is 13.4. The molecule has 1 aromatic carbocycles. The van der Waals surface area contributed by atoms with Crippen molar-refractivity contribution in [2.75, 3.05) is 6.54 Å². The van der Waals surface area contributed by atoms with Crippen molar-refractivity contribution in [2.45, 2.75) is 18.9 Å². The Morgan fingerprint density at radius 2 is 2.00 bits per heavy atom. The van der Waals surface area contributed by atoms with Gasteiger partial charge < -0.3 is 15.4 Å². The van der Waals surface area contributed by atoms with E-state index in [0.717, 1.165) is 11.3 Å².